The SMILES string of the molecule is Cc1cnc(-c2ccc(F)c(F)c2)[nH]1. The molecule has 2 nitrogen and oxygen atoms in total. The van der Waals surface area contributed by atoms with Gasteiger partial charge in [0.2, 0.25) is 0 Å². The van der Waals surface area contributed by atoms with Crippen LogP contribution in [-0.4, -0.2) is 9.97 Å². The van der Waals surface area contributed by atoms with Gasteiger partial charge in [0.05, 0.1) is 0 Å². The number of imidazole rings is 1. The lowest BCUT2D eigenvalue weighted by molar-refractivity contribution is 0.509. The molecule has 0 fully saturated rings. The minimum absolute atomic E-state index is 0.539. The lowest BCUT2D eigenvalue weighted by Crippen LogP contribution is -1.86. The molecule has 0 unspecified atom stereocenters. The van der Waals surface area contributed by atoms with Gasteiger partial charge >= 0.3 is 0 Å². The van der Waals surface area contributed by atoms with Gasteiger partial charge in [0.25, 0.3) is 0 Å². The second kappa shape index (κ2) is 3.21. The summed E-state index contributed by atoms with van der Waals surface area (Å²) >= 11 is 0. The lowest BCUT2D eigenvalue weighted by atomic mass is 10.2. The van der Waals surface area contributed by atoms with Crippen molar-refractivity contribution in [2.75, 3.05) is 0 Å². The van der Waals surface area contributed by atoms with Gasteiger partial charge in [-0.05, 0) is 25.1 Å². The first-order valence-electron chi connectivity index (χ1n) is 4.14. The molecular weight excluding hydrogens is 186 g/mol. The molecule has 0 atom stereocenters. The maximum atomic E-state index is 12.9. The Morgan fingerprint density at radius 3 is 2.57 bits per heavy atom. The quantitative estimate of drug-likeness (QED) is 0.742. The highest BCUT2D eigenvalue weighted by Gasteiger charge is 2.06. The fourth-order valence-corrected chi connectivity index (χ4v) is 1.20. The number of aryl methyl sites for hydroxylation is 1. The Labute approximate surface area is 79.6 Å². The second-order valence-electron chi connectivity index (χ2n) is 3.04. The summed E-state index contributed by atoms with van der Waals surface area (Å²) in [5.41, 5.74) is 1.42. The summed E-state index contributed by atoms with van der Waals surface area (Å²) in [7, 11) is 0. The van der Waals surface area contributed by atoms with Crippen molar-refractivity contribution in [2.24, 2.45) is 0 Å². The van der Waals surface area contributed by atoms with Gasteiger partial charge < -0.3 is 4.98 Å². The Bertz CT molecular complexity index is 463. The van der Waals surface area contributed by atoms with Crippen molar-refractivity contribution in [3.05, 3.63) is 41.7 Å². The molecule has 0 aliphatic heterocycles. The van der Waals surface area contributed by atoms with Crippen LogP contribution < -0.4 is 0 Å². The number of hydrogen-bond acceptors (Lipinski definition) is 1. The van der Waals surface area contributed by atoms with Crippen molar-refractivity contribution in [1.82, 2.24) is 9.97 Å². The third-order valence-electron chi connectivity index (χ3n) is 1.90. The van der Waals surface area contributed by atoms with E-state index in [0.717, 1.165) is 17.8 Å². The minimum atomic E-state index is -0.864. The van der Waals surface area contributed by atoms with Crippen LogP contribution in [0, 0.1) is 18.6 Å². The minimum Gasteiger partial charge on any atom is -0.342 e. The van der Waals surface area contributed by atoms with Gasteiger partial charge in [-0.15, -0.1) is 0 Å². The van der Waals surface area contributed by atoms with Gasteiger partial charge in [-0.3, -0.25) is 0 Å². The predicted octanol–water partition coefficient (Wildman–Crippen LogP) is 2.66. The standard InChI is InChI=1S/C10H8F2N2/c1-6-5-13-10(14-6)7-2-3-8(11)9(12)4-7/h2-5H,1H3,(H,13,14). The molecular formula is C10H8F2N2. The molecule has 0 radical (unpaired) electrons. The third-order valence-corrected chi connectivity index (χ3v) is 1.90. The Balaban J connectivity index is 2.47. The van der Waals surface area contributed by atoms with E-state index in [4.69, 9.17) is 0 Å². The highest BCUT2D eigenvalue weighted by atomic mass is 19.2. The van der Waals surface area contributed by atoms with E-state index < -0.39 is 11.6 Å². The number of benzene rings is 1. The summed E-state index contributed by atoms with van der Waals surface area (Å²) in [6.07, 6.45) is 1.64. The van der Waals surface area contributed by atoms with Crippen molar-refractivity contribution < 1.29 is 8.78 Å². The van der Waals surface area contributed by atoms with Crippen molar-refractivity contribution in [3.8, 4) is 11.4 Å². The van der Waals surface area contributed by atoms with E-state index in [9.17, 15) is 8.78 Å². The zero-order chi connectivity index (χ0) is 10.1. The zero-order valence-corrected chi connectivity index (χ0v) is 7.51. The molecule has 0 amide bonds. The van der Waals surface area contributed by atoms with Crippen LogP contribution in [0.1, 0.15) is 5.69 Å². The van der Waals surface area contributed by atoms with Gasteiger partial charge in [-0.1, -0.05) is 0 Å². The average molecular weight is 194 g/mol. The topological polar surface area (TPSA) is 28.7 Å². The largest absolute Gasteiger partial charge is 0.342 e. The molecule has 1 aromatic heterocycles. The molecule has 2 aromatic rings. The van der Waals surface area contributed by atoms with Crippen molar-refractivity contribution in [1.29, 1.82) is 0 Å². The molecule has 2 rings (SSSR count). The highest BCUT2D eigenvalue weighted by molar-refractivity contribution is 5.55. The van der Waals surface area contributed by atoms with E-state index in [0.29, 0.717) is 11.4 Å². The summed E-state index contributed by atoms with van der Waals surface area (Å²) in [4.78, 5) is 6.95. The van der Waals surface area contributed by atoms with E-state index >= 15 is 0 Å². The average Bonchev–Trinajstić information content (AvgIpc) is 2.57. The van der Waals surface area contributed by atoms with Gasteiger partial charge in [0, 0.05) is 17.5 Å². The summed E-state index contributed by atoms with van der Waals surface area (Å²) in [6, 6.07) is 3.69. The van der Waals surface area contributed by atoms with Crippen LogP contribution in [0.5, 0.6) is 0 Å². The summed E-state index contributed by atoms with van der Waals surface area (Å²) in [5, 5.41) is 0. The molecule has 0 saturated heterocycles. The molecule has 0 aliphatic carbocycles. The van der Waals surface area contributed by atoms with Gasteiger partial charge in [-0.2, -0.15) is 0 Å². The smallest absolute Gasteiger partial charge is 0.159 e. The van der Waals surface area contributed by atoms with Crippen LogP contribution in [0.25, 0.3) is 11.4 Å². The van der Waals surface area contributed by atoms with Gasteiger partial charge in [0.15, 0.2) is 11.6 Å². The summed E-state index contributed by atoms with van der Waals surface area (Å²) < 4.78 is 25.5. The molecule has 0 spiro atoms. The van der Waals surface area contributed by atoms with Crippen molar-refractivity contribution in [3.63, 3.8) is 0 Å². The monoisotopic (exact) mass is 194 g/mol. The summed E-state index contributed by atoms with van der Waals surface area (Å²) in [5.74, 6) is -1.17. The third kappa shape index (κ3) is 1.51. The molecule has 72 valence electrons. The Morgan fingerprint density at radius 2 is 2.00 bits per heavy atom. The molecule has 0 aliphatic rings. The Kier molecular flexibility index (Phi) is 2.04. The normalized spacial score (nSPS) is 10.5. The molecule has 1 heterocycles. The van der Waals surface area contributed by atoms with Crippen LogP contribution in [-0.2, 0) is 0 Å². The van der Waals surface area contributed by atoms with Gasteiger partial charge in [-0.25, -0.2) is 13.8 Å². The number of aromatic nitrogens is 2. The second-order valence-corrected chi connectivity index (χ2v) is 3.04. The molecule has 0 saturated carbocycles. The molecule has 14 heavy (non-hydrogen) atoms. The van der Waals surface area contributed by atoms with Crippen LogP contribution >= 0.6 is 0 Å². The number of aromatic amines is 1. The molecule has 1 aromatic carbocycles. The Morgan fingerprint density at radius 1 is 1.21 bits per heavy atom. The predicted molar refractivity (Wildman–Crippen MR) is 48.7 cm³/mol. The fourth-order valence-electron chi connectivity index (χ4n) is 1.20. The first kappa shape index (κ1) is 8.87. The van der Waals surface area contributed by atoms with Gasteiger partial charge in [0.1, 0.15) is 5.82 Å². The Hall–Kier alpha value is -1.71. The van der Waals surface area contributed by atoms with E-state index in [-0.39, 0.29) is 0 Å². The maximum absolute atomic E-state index is 12.9. The van der Waals surface area contributed by atoms with Crippen molar-refractivity contribution in [2.45, 2.75) is 6.92 Å². The number of H-pyrrole nitrogens is 1. The van der Waals surface area contributed by atoms with E-state index in [1.54, 1.807) is 6.20 Å². The summed E-state index contributed by atoms with van der Waals surface area (Å²) in [6.45, 7) is 1.84. The van der Waals surface area contributed by atoms with Crippen molar-refractivity contribution >= 4 is 0 Å². The number of nitrogens with zero attached hydrogens (tertiary/aromatic N) is 1. The van der Waals surface area contributed by atoms with E-state index in [1.165, 1.54) is 6.07 Å². The molecule has 0 bridgehead atoms. The number of rotatable bonds is 1. The number of hydrogen-bond donors (Lipinski definition) is 1. The maximum Gasteiger partial charge on any atom is 0.159 e. The fraction of sp³-hybridized carbons (Fsp3) is 0.100. The first-order chi connectivity index (χ1) is 6.66. The highest BCUT2D eigenvalue weighted by Crippen LogP contribution is 2.18. The molecule has 4 heteroatoms. The first-order valence-corrected chi connectivity index (χ1v) is 4.14. The van der Waals surface area contributed by atoms with E-state index in [1.807, 2.05) is 6.92 Å². The van der Waals surface area contributed by atoms with E-state index in [2.05, 4.69) is 9.97 Å². The molecule has 1 N–H and O–H groups in total. The number of halogens is 2. The lowest BCUT2D eigenvalue weighted by Gasteiger charge is -1.97. The van der Waals surface area contributed by atoms with Crippen LogP contribution in [0.3, 0.4) is 0 Å². The van der Waals surface area contributed by atoms with Crippen LogP contribution in [0.4, 0.5) is 8.78 Å². The number of nitrogens with one attached hydrogen (secondary N) is 1. The van der Waals surface area contributed by atoms with Crippen LogP contribution in [0.15, 0.2) is 24.4 Å². The zero-order valence-electron chi connectivity index (χ0n) is 7.51. The van der Waals surface area contributed by atoms with Crippen LogP contribution in [0.2, 0.25) is 0 Å².